The van der Waals surface area contributed by atoms with Crippen molar-refractivity contribution in [3.63, 3.8) is 0 Å². The lowest BCUT2D eigenvalue weighted by molar-refractivity contribution is -0.122. The number of carbonyl (C=O) groups is 1. The van der Waals surface area contributed by atoms with Crippen LogP contribution in [0.2, 0.25) is 0 Å². The maximum absolute atomic E-state index is 12.1. The number of hydrogen-bond acceptors (Lipinski definition) is 2. The monoisotopic (exact) mass is 300 g/mol. The summed E-state index contributed by atoms with van der Waals surface area (Å²) in [6.45, 7) is 4.28. The smallest absolute Gasteiger partial charge is 0.220 e. The molecule has 0 aromatic heterocycles. The Hall–Kier alpha value is -1.35. The fourth-order valence-corrected chi connectivity index (χ4v) is 3.72. The number of aryl methyl sites for hydroxylation is 2. The van der Waals surface area contributed by atoms with Gasteiger partial charge in [-0.25, -0.2) is 0 Å². The van der Waals surface area contributed by atoms with Gasteiger partial charge < -0.3 is 10.6 Å². The van der Waals surface area contributed by atoms with Crippen molar-refractivity contribution in [1.29, 1.82) is 0 Å². The summed E-state index contributed by atoms with van der Waals surface area (Å²) in [7, 11) is 0. The quantitative estimate of drug-likeness (QED) is 0.877. The first-order valence-corrected chi connectivity index (χ1v) is 8.84. The minimum Gasteiger partial charge on any atom is -0.350 e. The number of benzene rings is 1. The molecule has 2 N–H and O–H groups in total. The lowest BCUT2D eigenvalue weighted by Gasteiger charge is -2.20. The Balaban J connectivity index is 1.52. The summed E-state index contributed by atoms with van der Waals surface area (Å²) in [5, 5.41) is 6.53. The minimum absolute atomic E-state index is 0.112. The second-order valence-corrected chi connectivity index (χ2v) is 6.92. The maximum Gasteiger partial charge on any atom is 0.220 e. The van der Waals surface area contributed by atoms with Crippen molar-refractivity contribution in [2.24, 2.45) is 5.92 Å². The molecular formula is C19H28N2O. The molecule has 1 aromatic rings. The van der Waals surface area contributed by atoms with Crippen LogP contribution in [0.3, 0.4) is 0 Å². The van der Waals surface area contributed by atoms with E-state index in [4.69, 9.17) is 0 Å². The zero-order valence-electron chi connectivity index (χ0n) is 13.7. The van der Waals surface area contributed by atoms with Crippen LogP contribution >= 0.6 is 0 Å². The van der Waals surface area contributed by atoms with Gasteiger partial charge in [0.1, 0.15) is 0 Å². The summed E-state index contributed by atoms with van der Waals surface area (Å²) >= 11 is 0. The highest BCUT2D eigenvalue weighted by atomic mass is 16.1. The van der Waals surface area contributed by atoms with Gasteiger partial charge in [-0.3, -0.25) is 4.79 Å². The molecule has 0 radical (unpaired) electrons. The highest BCUT2D eigenvalue weighted by Crippen LogP contribution is 2.25. The molecule has 1 amide bonds. The predicted octanol–water partition coefficient (Wildman–Crippen LogP) is 3.13. The Morgan fingerprint density at radius 3 is 2.91 bits per heavy atom. The van der Waals surface area contributed by atoms with Gasteiger partial charge in [0.2, 0.25) is 5.91 Å². The number of amides is 1. The van der Waals surface area contributed by atoms with E-state index in [1.165, 1.54) is 48.8 Å². The van der Waals surface area contributed by atoms with Crippen molar-refractivity contribution in [1.82, 2.24) is 10.6 Å². The number of fused-ring (bicyclic) bond motifs is 1. The van der Waals surface area contributed by atoms with Gasteiger partial charge in [0, 0.05) is 6.42 Å². The average molecular weight is 300 g/mol. The molecule has 2 aliphatic rings. The Bertz CT molecular complexity index is 520. The molecule has 2 atom stereocenters. The standard InChI is InChI=1S/C19H28N2O/c1-14(21-19(22)9-6-15-10-11-20-13-15)17-8-7-16-4-2-3-5-18(16)12-17/h7-8,12,14-15,20H,2-6,9-11,13H2,1H3,(H,21,22). The summed E-state index contributed by atoms with van der Waals surface area (Å²) in [4.78, 5) is 12.1. The first-order valence-electron chi connectivity index (χ1n) is 8.84. The molecule has 120 valence electrons. The van der Waals surface area contributed by atoms with Crippen molar-refractivity contribution < 1.29 is 4.79 Å². The lowest BCUT2D eigenvalue weighted by Crippen LogP contribution is -2.27. The third-order valence-electron chi connectivity index (χ3n) is 5.19. The molecule has 1 aliphatic carbocycles. The van der Waals surface area contributed by atoms with Crippen molar-refractivity contribution in [2.45, 2.75) is 57.9 Å². The van der Waals surface area contributed by atoms with E-state index in [0.29, 0.717) is 12.3 Å². The molecule has 3 heteroatoms. The Morgan fingerprint density at radius 2 is 2.14 bits per heavy atom. The van der Waals surface area contributed by atoms with Crippen molar-refractivity contribution in [3.8, 4) is 0 Å². The third-order valence-corrected chi connectivity index (χ3v) is 5.19. The zero-order chi connectivity index (χ0) is 15.4. The van der Waals surface area contributed by atoms with Gasteiger partial charge in [-0.05, 0) is 81.1 Å². The number of rotatable bonds is 5. The van der Waals surface area contributed by atoms with Crippen LogP contribution in [-0.2, 0) is 17.6 Å². The second kappa shape index (κ2) is 7.28. The molecule has 2 unspecified atom stereocenters. The topological polar surface area (TPSA) is 41.1 Å². The van der Waals surface area contributed by atoms with Crippen LogP contribution in [0.1, 0.15) is 61.8 Å². The molecule has 1 saturated heterocycles. The van der Waals surface area contributed by atoms with E-state index in [1.54, 1.807) is 0 Å². The molecule has 0 spiro atoms. The summed E-state index contributed by atoms with van der Waals surface area (Å²) < 4.78 is 0. The molecule has 1 fully saturated rings. The number of carbonyl (C=O) groups excluding carboxylic acids is 1. The lowest BCUT2D eigenvalue weighted by atomic mass is 9.89. The van der Waals surface area contributed by atoms with E-state index in [0.717, 1.165) is 19.5 Å². The zero-order valence-corrected chi connectivity index (χ0v) is 13.7. The first-order chi connectivity index (χ1) is 10.7. The van der Waals surface area contributed by atoms with E-state index in [2.05, 4.69) is 35.8 Å². The SMILES string of the molecule is CC(NC(=O)CCC1CCNC1)c1ccc2c(c1)CCCC2. The fraction of sp³-hybridized carbons (Fsp3) is 0.632. The minimum atomic E-state index is 0.112. The molecule has 3 rings (SSSR count). The highest BCUT2D eigenvalue weighted by Gasteiger charge is 2.17. The molecular weight excluding hydrogens is 272 g/mol. The van der Waals surface area contributed by atoms with Gasteiger partial charge in [0.05, 0.1) is 6.04 Å². The van der Waals surface area contributed by atoms with Gasteiger partial charge in [-0.1, -0.05) is 18.2 Å². The second-order valence-electron chi connectivity index (χ2n) is 6.92. The Morgan fingerprint density at radius 1 is 1.32 bits per heavy atom. The number of hydrogen-bond donors (Lipinski definition) is 2. The van der Waals surface area contributed by atoms with Crippen LogP contribution in [0.5, 0.6) is 0 Å². The van der Waals surface area contributed by atoms with Crippen LogP contribution in [0.15, 0.2) is 18.2 Å². The van der Waals surface area contributed by atoms with Gasteiger partial charge in [-0.2, -0.15) is 0 Å². The summed E-state index contributed by atoms with van der Waals surface area (Å²) in [5.41, 5.74) is 4.24. The van der Waals surface area contributed by atoms with Crippen LogP contribution in [-0.4, -0.2) is 19.0 Å². The van der Waals surface area contributed by atoms with E-state index >= 15 is 0 Å². The van der Waals surface area contributed by atoms with E-state index in [9.17, 15) is 4.79 Å². The van der Waals surface area contributed by atoms with E-state index in [1.807, 2.05) is 0 Å². The van der Waals surface area contributed by atoms with Crippen LogP contribution in [0.4, 0.5) is 0 Å². The maximum atomic E-state index is 12.1. The predicted molar refractivity (Wildman–Crippen MR) is 89.9 cm³/mol. The van der Waals surface area contributed by atoms with Crippen LogP contribution < -0.4 is 10.6 Å². The molecule has 3 nitrogen and oxygen atoms in total. The molecule has 1 heterocycles. The fourth-order valence-electron chi connectivity index (χ4n) is 3.72. The van der Waals surface area contributed by atoms with Crippen molar-refractivity contribution in [3.05, 3.63) is 34.9 Å². The van der Waals surface area contributed by atoms with Gasteiger partial charge in [0.25, 0.3) is 0 Å². The summed E-state index contributed by atoms with van der Waals surface area (Å²) in [5.74, 6) is 0.877. The van der Waals surface area contributed by atoms with Crippen LogP contribution in [0, 0.1) is 5.92 Å². The summed E-state index contributed by atoms with van der Waals surface area (Å²) in [6.07, 6.45) is 7.90. The van der Waals surface area contributed by atoms with Gasteiger partial charge in [0.15, 0.2) is 0 Å². The molecule has 0 saturated carbocycles. The van der Waals surface area contributed by atoms with Gasteiger partial charge >= 0.3 is 0 Å². The number of nitrogens with one attached hydrogen (secondary N) is 2. The highest BCUT2D eigenvalue weighted by molar-refractivity contribution is 5.76. The first kappa shape index (κ1) is 15.5. The molecule has 22 heavy (non-hydrogen) atoms. The molecule has 0 bridgehead atoms. The van der Waals surface area contributed by atoms with Crippen molar-refractivity contribution >= 4 is 5.91 Å². The largest absolute Gasteiger partial charge is 0.350 e. The Labute approximate surface area is 133 Å². The average Bonchev–Trinajstić information content (AvgIpc) is 3.06. The summed E-state index contributed by atoms with van der Waals surface area (Å²) in [6, 6.07) is 6.87. The van der Waals surface area contributed by atoms with E-state index < -0.39 is 0 Å². The molecule has 1 aromatic carbocycles. The van der Waals surface area contributed by atoms with Gasteiger partial charge in [-0.15, -0.1) is 0 Å². The normalized spacial score (nSPS) is 22.1. The Kier molecular flexibility index (Phi) is 5.14. The third kappa shape index (κ3) is 3.89. The molecule has 1 aliphatic heterocycles. The van der Waals surface area contributed by atoms with Crippen LogP contribution in [0.25, 0.3) is 0 Å². The van der Waals surface area contributed by atoms with E-state index in [-0.39, 0.29) is 11.9 Å². The van der Waals surface area contributed by atoms with Crippen molar-refractivity contribution in [2.75, 3.05) is 13.1 Å².